The molecule has 0 fully saturated rings. The first-order valence-electron chi connectivity index (χ1n) is 6.30. The van der Waals surface area contributed by atoms with E-state index >= 15 is 0 Å². The third-order valence-corrected chi connectivity index (χ3v) is 2.79. The lowest BCUT2D eigenvalue weighted by molar-refractivity contribution is -0.131. The van der Waals surface area contributed by atoms with Crippen molar-refractivity contribution in [3.05, 3.63) is 35.6 Å². The van der Waals surface area contributed by atoms with Gasteiger partial charge in [0, 0.05) is 24.8 Å². The normalized spacial score (nSPS) is 14.7. The molecule has 1 amide bonds. The van der Waals surface area contributed by atoms with Crippen LogP contribution in [0.15, 0.2) is 29.4 Å². The number of hydrazone groups is 1. The molecule has 1 heterocycles. The number of nitrogens with zero attached hydrogens (tertiary/aromatic N) is 2. The summed E-state index contributed by atoms with van der Waals surface area (Å²) in [5.74, 6) is 5.47. The molecule has 0 aliphatic carbocycles. The Morgan fingerprint density at radius 3 is 2.95 bits per heavy atom. The number of rotatable bonds is 2. The smallest absolute Gasteiger partial charge is 0.243 e. The molecule has 0 aromatic heterocycles. The van der Waals surface area contributed by atoms with Crippen molar-refractivity contribution in [1.29, 1.82) is 0 Å². The minimum absolute atomic E-state index is 0.0365. The zero-order valence-corrected chi connectivity index (χ0v) is 10.8. The molecule has 4 heteroatoms. The lowest BCUT2D eigenvalue weighted by atomic mass is 10.0. The minimum Gasteiger partial charge on any atom is -0.273 e. The summed E-state index contributed by atoms with van der Waals surface area (Å²) in [4.78, 5) is 11.7. The van der Waals surface area contributed by atoms with Crippen LogP contribution < -0.4 is 0 Å². The summed E-state index contributed by atoms with van der Waals surface area (Å²) in [5, 5.41) is 5.64. The highest BCUT2D eigenvalue weighted by atomic mass is 19.1. The second kappa shape index (κ2) is 6.14. The fourth-order valence-corrected chi connectivity index (χ4v) is 1.86. The van der Waals surface area contributed by atoms with E-state index in [1.165, 1.54) is 17.1 Å². The van der Waals surface area contributed by atoms with E-state index in [0.29, 0.717) is 19.4 Å². The number of halogens is 1. The van der Waals surface area contributed by atoms with Gasteiger partial charge in [-0.1, -0.05) is 25.0 Å². The van der Waals surface area contributed by atoms with Crippen LogP contribution >= 0.6 is 0 Å². The van der Waals surface area contributed by atoms with Crippen LogP contribution in [0.25, 0.3) is 0 Å². The Labute approximate surface area is 112 Å². The number of carbonyl (C=O) groups is 1. The highest BCUT2D eigenvalue weighted by molar-refractivity contribution is 6.04. The van der Waals surface area contributed by atoms with Crippen LogP contribution in [0.5, 0.6) is 0 Å². The zero-order chi connectivity index (χ0) is 13.7. The Morgan fingerprint density at radius 1 is 1.37 bits per heavy atom. The Hall–Kier alpha value is -2.15. The Kier molecular flexibility index (Phi) is 4.30. The maximum atomic E-state index is 13.2. The largest absolute Gasteiger partial charge is 0.273 e. The Morgan fingerprint density at radius 2 is 2.21 bits per heavy atom. The van der Waals surface area contributed by atoms with Crippen LogP contribution in [0, 0.1) is 17.7 Å². The zero-order valence-electron chi connectivity index (χ0n) is 10.8. The first kappa shape index (κ1) is 13.3. The van der Waals surface area contributed by atoms with Crippen LogP contribution in [-0.4, -0.2) is 23.2 Å². The van der Waals surface area contributed by atoms with Crippen molar-refractivity contribution in [2.45, 2.75) is 26.2 Å². The molecule has 1 aromatic carbocycles. The summed E-state index contributed by atoms with van der Waals surface area (Å²) < 4.78 is 13.2. The number of carbonyl (C=O) groups excluding carboxylic acids is 1. The van der Waals surface area contributed by atoms with Gasteiger partial charge in [-0.2, -0.15) is 5.10 Å². The lowest BCUT2D eigenvalue weighted by Crippen LogP contribution is -2.32. The molecule has 0 N–H and O–H groups in total. The quantitative estimate of drug-likeness (QED) is 0.750. The van der Waals surface area contributed by atoms with Crippen LogP contribution in [0.2, 0.25) is 0 Å². The molecule has 1 aromatic rings. The van der Waals surface area contributed by atoms with Gasteiger partial charge in [-0.3, -0.25) is 4.79 Å². The molecule has 0 radical (unpaired) electrons. The highest BCUT2D eigenvalue weighted by Gasteiger charge is 2.20. The van der Waals surface area contributed by atoms with Crippen molar-refractivity contribution >= 4 is 11.6 Å². The van der Waals surface area contributed by atoms with Crippen molar-refractivity contribution in [2.24, 2.45) is 5.10 Å². The average molecular weight is 258 g/mol. The van der Waals surface area contributed by atoms with Crippen molar-refractivity contribution in [2.75, 3.05) is 6.54 Å². The molecule has 0 saturated heterocycles. The average Bonchev–Trinajstić information content (AvgIpc) is 2.41. The summed E-state index contributed by atoms with van der Waals surface area (Å²) in [6, 6.07) is 6.27. The number of benzene rings is 1. The van der Waals surface area contributed by atoms with Gasteiger partial charge in [0.1, 0.15) is 12.4 Å². The predicted octanol–water partition coefficient (Wildman–Crippen LogP) is 2.57. The van der Waals surface area contributed by atoms with Crippen LogP contribution in [-0.2, 0) is 4.79 Å². The first-order valence-corrected chi connectivity index (χ1v) is 6.30. The maximum Gasteiger partial charge on any atom is 0.243 e. The monoisotopic (exact) mass is 258 g/mol. The van der Waals surface area contributed by atoms with E-state index in [9.17, 15) is 9.18 Å². The molecule has 19 heavy (non-hydrogen) atoms. The molecule has 0 saturated carbocycles. The molecule has 1 aliphatic heterocycles. The molecule has 0 atom stereocenters. The van der Waals surface area contributed by atoms with Gasteiger partial charge in [-0.15, -0.1) is 5.92 Å². The molecule has 0 unspecified atom stereocenters. The Balaban J connectivity index is 2.21. The standard InChI is InChI=1S/C15H15FN2O/c1-2-3-4-10-18-15(19)9-8-14(17-18)12-6-5-7-13(16)11-12/h5-7,11H,2,8-10H2,1H3. The lowest BCUT2D eigenvalue weighted by Gasteiger charge is -2.21. The molecule has 2 rings (SSSR count). The number of hydrogen-bond acceptors (Lipinski definition) is 2. The van der Waals surface area contributed by atoms with Crippen molar-refractivity contribution < 1.29 is 9.18 Å². The minimum atomic E-state index is -0.297. The van der Waals surface area contributed by atoms with Crippen molar-refractivity contribution in [3.8, 4) is 11.8 Å². The van der Waals surface area contributed by atoms with E-state index in [1.807, 2.05) is 6.92 Å². The van der Waals surface area contributed by atoms with Gasteiger partial charge >= 0.3 is 0 Å². The number of amides is 1. The molecule has 0 spiro atoms. The van der Waals surface area contributed by atoms with Crippen LogP contribution in [0.1, 0.15) is 31.7 Å². The summed E-state index contributed by atoms with van der Waals surface area (Å²) in [6.07, 6.45) is 1.69. The van der Waals surface area contributed by atoms with Gasteiger partial charge in [0.2, 0.25) is 5.91 Å². The van der Waals surface area contributed by atoms with E-state index in [0.717, 1.165) is 17.7 Å². The van der Waals surface area contributed by atoms with E-state index in [2.05, 4.69) is 16.9 Å². The first-order chi connectivity index (χ1) is 9.20. The van der Waals surface area contributed by atoms with Gasteiger partial charge in [-0.05, 0) is 12.1 Å². The summed E-state index contributed by atoms with van der Waals surface area (Å²) in [7, 11) is 0. The van der Waals surface area contributed by atoms with Crippen molar-refractivity contribution in [1.82, 2.24) is 5.01 Å². The van der Waals surface area contributed by atoms with Crippen molar-refractivity contribution in [3.63, 3.8) is 0 Å². The molecule has 1 aliphatic rings. The van der Waals surface area contributed by atoms with E-state index in [4.69, 9.17) is 0 Å². The molecule has 3 nitrogen and oxygen atoms in total. The van der Waals surface area contributed by atoms with Gasteiger partial charge in [0.15, 0.2) is 0 Å². The van der Waals surface area contributed by atoms with Crippen LogP contribution in [0.3, 0.4) is 0 Å². The SMILES string of the molecule is CCC#CCN1N=C(c2cccc(F)c2)CCC1=O. The van der Waals surface area contributed by atoms with Crippen LogP contribution in [0.4, 0.5) is 4.39 Å². The second-order valence-corrected chi connectivity index (χ2v) is 4.22. The summed E-state index contributed by atoms with van der Waals surface area (Å²) in [6.45, 7) is 2.25. The fourth-order valence-electron chi connectivity index (χ4n) is 1.86. The van der Waals surface area contributed by atoms with Gasteiger partial charge < -0.3 is 0 Å². The maximum absolute atomic E-state index is 13.2. The molecule has 98 valence electrons. The molecule has 0 bridgehead atoms. The van der Waals surface area contributed by atoms with E-state index < -0.39 is 0 Å². The topological polar surface area (TPSA) is 32.7 Å². The second-order valence-electron chi connectivity index (χ2n) is 4.22. The van der Waals surface area contributed by atoms with Gasteiger partial charge in [-0.25, -0.2) is 9.40 Å². The summed E-state index contributed by atoms with van der Waals surface area (Å²) >= 11 is 0. The molecular formula is C15H15FN2O. The fraction of sp³-hybridized carbons (Fsp3) is 0.333. The predicted molar refractivity (Wildman–Crippen MR) is 72.0 cm³/mol. The van der Waals surface area contributed by atoms with E-state index in [-0.39, 0.29) is 11.7 Å². The highest BCUT2D eigenvalue weighted by Crippen LogP contribution is 2.15. The molecular weight excluding hydrogens is 243 g/mol. The number of hydrogen-bond donors (Lipinski definition) is 0. The third-order valence-electron chi connectivity index (χ3n) is 2.79. The summed E-state index contributed by atoms with van der Waals surface area (Å²) in [5.41, 5.74) is 1.46. The van der Waals surface area contributed by atoms with E-state index in [1.54, 1.807) is 12.1 Å². The third kappa shape index (κ3) is 3.41. The van der Waals surface area contributed by atoms with Gasteiger partial charge in [0.25, 0.3) is 0 Å². The Bertz CT molecular complexity index is 569. The van der Waals surface area contributed by atoms with Gasteiger partial charge in [0.05, 0.1) is 5.71 Å².